The van der Waals surface area contributed by atoms with Crippen LogP contribution in [-0.4, -0.2) is 36.5 Å². The van der Waals surface area contributed by atoms with Crippen LogP contribution in [0.2, 0.25) is 0 Å². The summed E-state index contributed by atoms with van der Waals surface area (Å²) < 4.78 is 0. The number of rotatable bonds is 3. The molecule has 0 atom stereocenters. The molecule has 4 fully saturated rings. The van der Waals surface area contributed by atoms with Crippen LogP contribution in [0.15, 0.2) is 0 Å². The normalized spacial score (nSPS) is 37.9. The lowest BCUT2D eigenvalue weighted by atomic mass is 9.53. The number of piperidine rings is 1. The number of likely N-dealkylation sites (tertiary alicyclic amines) is 1. The molecule has 1 amide bonds. The van der Waals surface area contributed by atoms with Gasteiger partial charge in [-0.2, -0.15) is 0 Å². The van der Waals surface area contributed by atoms with Crippen molar-refractivity contribution < 1.29 is 4.79 Å². The molecule has 1 aliphatic heterocycles. The summed E-state index contributed by atoms with van der Waals surface area (Å²) in [5, 5.41) is 3.50. The number of carbonyl (C=O) groups is 1. The Morgan fingerprint density at radius 2 is 1.57 bits per heavy atom. The Kier molecular flexibility index (Phi) is 4.06. The van der Waals surface area contributed by atoms with Gasteiger partial charge in [0, 0.05) is 11.5 Å². The van der Waals surface area contributed by atoms with Crippen molar-refractivity contribution in [2.24, 2.45) is 17.3 Å². The molecule has 4 aliphatic rings. The second-order valence-corrected chi connectivity index (χ2v) is 8.36. The standard InChI is InChI=1S/C18H32N2O/c1-14(2)17-6-9-18(10-7-17,11-8-17)19-16(21)15-4-12-20(3)13-5-15/h14-15H,4-13H2,1-3H3,(H,19,21). The smallest absolute Gasteiger partial charge is 0.223 e. The quantitative estimate of drug-likeness (QED) is 0.866. The van der Waals surface area contributed by atoms with Crippen molar-refractivity contribution >= 4 is 5.91 Å². The maximum absolute atomic E-state index is 12.6. The summed E-state index contributed by atoms with van der Waals surface area (Å²) in [6, 6.07) is 0. The summed E-state index contributed by atoms with van der Waals surface area (Å²) in [4.78, 5) is 15.0. The average Bonchev–Trinajstić information content (AvgIpc) is 2.49. The molecule has 0 radical (unpaired) electrons. The molecular weight excluding hydrogens is 260 g/mol. The zero-order valence-corrected chi connectivity index (χ0v) is 14.1. The SMILES string of the molecule is CC(C)C12CCC(NC(=O)C3CCN(C)CC3)(CC1)CC2. The van der Waals surface area contributed by atoms with E-state index in [-0.39, 0.29) is 11.5 Å². The summed E-state index contributed by atoms with van der Waals surface area (Å²) in [5.74, 6) is 1.40. The molecule has 0 unspecified atom stereocenters. The predicted octanol–water partition coefficient (Wildman–Crippen LogP) is 3.19. The molecule has 0 aromatic heterocycles. The molecule has 0 aromatic carbocycles. The van der Waals surface area contributed by atoms with Gasteiger partial charge in [-0.15, -0.1) is 0 Å². The fourth-order valence-corrected chi connectivity index (χ4v) is 4.90. The van der Waals surface area contributed by atoms with Crippen molar-refractivity contribution in [3.05, 3.63) is 0 Å². The van der Waals surface area contributed by atoms with Crippen molar-refractivity contribution in [1.29, 1.82) is 0 Å². The highest BCUT2D eigenvalue weighted by molar-refractivity contribution is 5.79. The number of hydrogen-bond donors (Lipinski definition) is 1. The number of nitrogens with one attached hydrogen (secondary N) is 1. The van der Waals surface area contributed by atoms with Crippen LogP contribution in [0.25, 0.3) is 0 Å². The van der Waals surface area contributed by atoms with Gasteiger partial charge < -0.3 is 10.2 Å². The van der Waals surface area contributed by atoms with E-state index >= 15 is 0 Å². The van der Waals surface area contributed by atoms with Crippen LogP contribution in [0.1, 0.15) is 65.2 Å². The van der Waals surface area contributed by atoms with Crippen molar-refractivity contribution in [3.8, 4) is 0 Å². The van der Waals surface area contributed by atoms with Gasteiger partial charge in [-0.05, 0) is 82.8 Å². The maximum atomic E-state index is 12.6. The summed E-state index contributed by atoms with van der Waals surface area (Å²) in [6.07, 6.45) is 9.66. The zero-order chi connectivity index (χ0) is 15.1. The third kappa shape index (κ3) is 2.86. The number of fused-ring (bicyclic) bond motifs is 3. The van der Waals surface area contributed by atoms with Gasteiger partial charge in [0.25, 0.3) is 0 Å². The van der Waals surface area contributed by atoms with E-state index in [9.17, 15) is 4.79 Å². The van der Waals surface area contributed by atoms with Crippen LogP contribution in [-0.2, 0) is 4.79 Å². The number of hydrogen-bond acceptors (Lipinski definition) is 2. The Hall–Kier alpha value is -0.570. The van der Waals surface area contributed by atoms with E-state index in [1.807, 2.05) is 0 Å². The van der Waals surface area contributed by atoms with Gasteiger partial charge >= 0.3 is 0 Å². The van der Waals surface area contributed by atoms with Crippen molar-refractivity contribution in [3.63, 3.8) is 0 Å². The fraction of sp³-hybridized carbons (Fsp3) is 0.944. The fourth-order valence-electron chi connectivity index (χ4n) is 4.90. The van der Waals surface area contributed by atoms with Crippen LogP contribution in [0.5, 0.6) is 0 Å². The summed E-state index contributed by atoms with van der Waals surface area (Å²) in [5.41, 5.74) is 0.733. The van der Waals surface area contributed by atoms with Crippen molar-refractivity contribution in [2.45, 2.75) is 70.8 Å². The minimum Gasteiger partial charge on any atom is -0.350 e. The minimum atomic E-state index is 0.150. The molecule has 2 bridgehead atoms. The molecule has 3 aliphatic carbocycles. The van der Waals surface area contributed by atoms with Gasteiger partial charge in [-0.25, -0.2) is 0 Å². The molecule has 3 nitrogen and oxygen atoms in total. The Bertz CT molecular complexity index is 371. The van der Waals surface area contributed by atoms with E-state index in [2.05, 4.69) is 31.1 Å². The number of nitrogens with zero attached hydrogens (tertiary/aromatic N) is 1. The zero-order valence-electron chi connectivity index (χ0n) is 14.1. The van der Waals surface area contributed by atoms with Gasteiger partial charge in [0.15, 0.2) is 0 Å². The Labute approximate surface area is 129 Å². The van der Waals surface area contributed by atoms with E-state index in [0.29, 0.717) is 11.3 Å². The first-order chi connectivity index (χ1) is 9.95. The molecule has 0 aromatic rings. The van der Waals surface area contributed by atoms with Crippen LogP contribution in [0.3, 0.4) is 0 Å². The third-order valence-corrected chi connectivity index (χ3v) is 7.01. The first kappa shape index (κ1) is 15.3. The molecule has 1 saturated heterocycles. The highest BCUT2D eigenvalue weighted by Crippen LogP contribution is 2.55. The maximum Gasteiger partial charge on any atom is 0.223 e. The monoisotopic (exact) mass is 292 g/mol. The topological polar surface area (TPSA) is 32.3 Å². The molecule has 21 heavy (non-hydrogen) atoms. The van der Waals surface area contributed by atoms with Gasteiger partial charge in [0.05, 0.1) is 0 Å². The van der Waals surface area contributed by atoms with E-state index in [0.717, 1.165) is 31.8 Å². The van der Waals surface area contributed by atoms with Gasteiger partial charge in [0.1, 0.15) is 0 Å². The van der Waals surface area contributed by atoms with Crippen LogP contribution >= 0.6 is 0 Å². The molecule has 3 saturated carbocycles. The first-order valence-corrected chi connectivity index (χ1v) is 8.95. The Morgan fingerprint density at radius 1 is 1.05 bits per heavy atom. The Morgan fingerprint density at radius 3 is 2.05 bits per heavy atom. The lowest BCUT2D eigenvalue weighted by Gasteiger charge is -2.56. The van der Waals surface area contributed by atoms with Crippen molar-refractivity contribution in [2.75, 3.05) is 20.1 Å². The summed E-state index contributed by atoms with van der Waals surface area (Å²) >= 11 is 0. The van der Waals surface area contributed by atoms with Crippen molar-refractivity contribution in [1.82, 2.24) is 10.2 Å². The van der Waals surface area contributed by atoms with E-state index in [1.54, 1.807) is 0 Å². The average molecular weight is 292 g/mol. The largest absolute Gasteiger partial charge is 0.350 e. The number of amides is 1. The molecule has 3 heteroatoms. The summed E-state index contributed by atoms with van der Waals surface area (Å²) in [6.45, 7) is 6.91. The van der Waals surface area contributed by atoms with Gasteiger partial charge in [-0.3, -0.25) is 4.79 Å². The molecule has 120 valence electrons. The second kappa shape index (κ2) is 5.57. The highest BCUT2D eigenvalue weighted by Gasteiger charge is 2.50. The molecule has 1 N–H and O–H groups in total. The van der Waals surface area contributed by atoms with E-state index in [1.165, 1.54) is 38.5 Å². The predicted molar refractivity (Wildman–Crippen MR) is 86.1 cm³/mol. The van der Waals surface area contributed by atoms with Gasteiger partial charge in [0.2, 0.25) is 5.91 Å². The minimum absolute atomic E-state index is 0.150. The van der Waals surface area contributed by atoms with Gasteiger partial charge in [-0.1, -0.05) is 13.8 Å². The Balaban J connectivity index is 1.58. The lowest BCUT2D eigenvalue weighted by Crippen LogP contribution is -2.59. The van der Waals surface area contributed by atoms with E-state index in [4.69, 9.17) is 0 Å². The molecule has 0 spiro atoms. The number of carbonyl (C=O) groups excluding carboxylic acids is 1. The van der Waals surface area contributed by atoms with E-state index < -0.39 is 0 Å². The van der Waals surface area contributed by atoms with Crippen LogP contribution < -0.4 is 5.32 Å². The second-order valence-electron chi connectivity index (χ2n) is 8.36. The third-order valence-electron chi connectivity index (χ3n) is 7.01. The lowest BCUT2D eigenvalue weighted by molar-refractivity contribution is -0.131. The molecule has 1 heterocycles. The molecule has 4 rings (SSSR count). The van der Waals surface area contributed by atoms with Crippen LogP contribution in [0, 0.1) is 17.3 Å². The first-order valence-electron chi connectivity index (χ1n) is 8.95. The highest BCUT2D eigenvalue weighted by atomic mass is 16.2. The van der Waals surface area contributed by atoms with Crippen LogP contribution in [0.4, 0.5) is 0 Å². The molecular formula is C18H32N2O. The summed E-state index contributed by atoms with van der Waals surface area (Å²) in [7, 11) is 2.15.